The van der Waals surface area contributed by atoms with Crippen LogP contribution in [-0.4, -0.2) is 5.68 Å². The molecule has 5 heavy (non-hydrogen) atoms. The fourth-order valence-corrected chi connectivity index (χ4v) is 0. The van der Waals surface area contributed by atoms with Crippen LogP contribution in [0.3, 0.4) is 0 Å². The van der Waals surface area contributed by atoms with E-state index in [-0.39, 0.29) is 0 Å². The molecule has 0 radical (unpaired) electrons. The van der Waals surface area contributed by atoms with Crippen LogP contribution in [0.4, 0.5) is 0 Å². The van der Waals surface area contributed by atoms with Gasteiger partial charge >= 0.3 is 41.8 Å². The van der Waals surface area contributed by atoms with Crippen LogP contribution in [0.25, 0.3) is 0 Å². The van der Waals surface area contributed by atoms with Gasteiger partial charge in [-0.05, 0) is 0 Å². The zero-order valence-electron chi connectivity index (χ0n) is 3.05. The van der Waals surface area contributed by atoms with Gasteiger partial charge in [0.15, 0.2) is 0 Å². The molecule has 0 aliphatic heterocycles. The minimum atomic E-state index is -1.38. The molecule has 0 aromatic heterocycles. The van der Waals surface area contributed by atoms with Gasteiger partial charge < -0.3 is 0 Å². The van der Waals surface area contributed by atoms with Crippen LogP contribution < -0.4 is 22.8 Å². The van der Waals surface area contributed by atoms with Crippen molar-refractivity contribution in [3.05, 3.63) is 10.1 Å². The SMILES string of the molecule is [3H][I-]O[N+](=O)[O-]. The molecule has 0 unspecified atom stereocenters. The van der Waals surface area contributed by atoms with Gasteiger partial charge in [0.05, 0.1) is 0 Å². The number of hydrogen-bond acceptors (Lipinski definition) is 3. The van der Waals surface area contributed by atoms with Gasteiger partial charge in [-0.1, -0.05) is 0 Å². The van der Waals surface area contributed by atoms with Crippen LogP contribution in [0.15, 0.2) is 0 Å². The van der Waals surface area contributed by atoms with Crippen LogP contribution in [0, 0.1) is 10.1 Å². The summed E-state index contributed by atoms with van der Waals surface area (Å²) in [6, 6.07) is 0. The van der Waals surface area contributed by atoms with Gasteiger partial charge in [0.1, 0.15) is 0 Å². The molecular weight excluding hydrogens is 189 g/mol. The second-order valence-corrected chi connectivity index (χ2v) is 0.687. The molecule has 0 spiro atoms. The van der Waals surface area contributed by atoms with Gasteiger partial charge in [-0.15, -0.1) is 0 Å². The molecule has 5 heteroatoms. The first kappa shape index (κ1) is 3.13. The average molecular weight is 192 g/mol. The number of halogens is 1. The third-order valence-electron chi connectivity index (χ3n) is 0.0563. The van der Waals surface area contributed by atoms with E-state index >= 15 is 0 Å². The van der Waals surface area contributed by atoms with Crippen molar-refractivity contribution in [3.63, 3.8) is 0 Å². The van der Waals surface area contributed by atoms with E-state index in [0.717, 1.165) is 0 Å². The standard InChI is InChI=1S/HINO3/c1-5-2(3)4/h1H/q-1/i1T. The van der Waals surface area contributed by atoms with E-state index in [2.05, 4.69) is 3.17 Å². The molecule has 0 heterocycles. The summed E-state index contributed by atoms with van der Waals surface area (Å²) in [4.78, 5) is 9.09. The Kier molecular flexibility index (Phi) is 1.37. The Bertz CT molecular complexity index is 54.8. The van der Waals surface area contributed by atoms with E-state index in [1.807, 2.05) is 0 Å². The zero-order chi connectivity index (χ0) is 4.99. The van der Waals surface area contributed by atoms with Crippen molar-refractivity contribution in [3.8, 4) is 0 Å². The summed E-state index contributed by atoms with van der Waals surface area (Å²) in [5.74, 6) is 0. The van der Waals surface area contributed by atoms with E-state index in [0.29, 0.717) is 0 Å². The average Bonchev–Trinajstić information content (AvgIpc) is 1.35. The van der Waals surface area contributed by atoms with Crippen molar-refractivity contribution in [2.45, 2.75) is 0 Å². The fraction of sp³-hybridized carbons (Fsp3) is 0. The van der Waals surface area contributed by atoms with Crippen molar-refractivity contribution in [2.24, 2.45) is 0 Å². The maximum absolute atomic E-state index is 9.09. The quantitative estimate of drug-likeness (QED) is 0.258. The summed E-state index contributed by atoms with van der Waals surface area (Å²) >= 11 is -1.38. The van der Waals surface area contributed by atoms with Crippen LogP contribution in [0.2, 0.25) is 0 Å². The van der Waals surface area contributed by atoms with Gasteiger partial charge in [0, 0.05) is 0 Å². The Morgan fingerprint density at radius 1 is 2.40 bits per heavy atom. The third kappa shape index (κ3) is 3.93. The van der Waals surface area contributed by atoms with Crippen LogP contribution in [0.5, 0.6) is 0 Å². The van der Waals surface area contributed by atoms with Crippen molar-refractivity contribution in [1.82, 2.24) is 0 Å². The van der Waals surface area contributed by atoms with Crippen molar-refractivity contribution >= 4 is 0 Å². The first-order chi connectivity index (χ1) is 2.77. The molecule has 0 saturated heterocycles. The first-order valence-electron chi connectivity index (χ1n) is 1.08. The predicted molar refractivity (Wildman–Crippen MR) is 9.47 cm³/mol. The van der Waals surface area contributed by atoms with E-state index < -0.39 is 27.9 Å². The monoisotopic (exact) mass is 192 g/mol. The molecule has 0 saturated carbocycles. The molecule has 0 aliphatic rings. The summed E-state index contributed by atoms with van der Waals surface area (Å²) in [6.07, 6.45) is 0. The molecule has 0 bridgehead atoms. The minimum absolute atomic E-state index is 0.958. The second-order valence-electron chi connectivity index (χ2n) is 0.293. The third-order valence-corrected chi connectivity index (χ3v) is 0.378. The molecule has 0 rings (SSSR count). The van der Waals surface area contributed by atoms with Crippen LogP contribution >= 0.6 is 0 Å². The molecule has 0 N–H and O–H groups in total. The van der Waals surface area contributed by atoms with E-state index in [1.165, 1.54) is 0 Å². The van der Waals surface area contributed by atoms with Gasteiger partial charge in [0.2, 0.25) is 0 Å². The normalized spacial score (nSPS) is 10.0. The Balaban J connectivity index is 2.83. The molecule has 32 valence electrons. The topological polar surface area (TPSA) is 52.4 Å². The van der Waals surface area contributed by atoms with E-state index in [4.69, 9.17) is 10.7 Å². The maximum atomic E-state index is 9.09. The molecule has 4 nitrogen and oxygen atoms in total. The Labute approximate surface area is 42.4 Å². The summed E-state index contributed by atoms with van der Waals surface area (Å²) < 4.78 is 9.72. The number of hydrogen-bond donors (Lipinski definition) is 0. The summed E-state index contributed by atoms with van der Waals surface area (Å²) in [5, 5.41) is 8.13. The summed E-state index contributed by atoms with van der Waals surface area (Å²) in [7, 11) is 0. The van der Waals surface area contributed by atoms with Gasteiger partial charge in [-0.2, -0.15) is 0 Å². The molecule has 0 amide bonds. The van der Waals surface area contributed by atoms with Crippen molar-refractivity contribution in [1.29, 1.82) is 0.594 Å². The van der Waals surface area contributed by atoms with Crippen molar-refractivity contribution in [2.75, 3.05) is 0 Å². The van der Waals surface area contributed by atoms with Crippen LogP contribution in [-0.2, 0) is 3.17 Å². The molecule has 0 fully saturated rings. The summed E-state index contributed by atoms with van der Waals surface area (Å²) in [5.41, 5.74) is 0. The fourth-order valence-electron chi connectivity index (χ4n) is 0. The Morgan fingerprint density at radius 2 is 3.00 bits per heavy atom. The van der Waals surface area contributed by atoms with E-state index in [1.54, 1.807) is 0 Å². The van der Waals surface area contributed by atoms with Crippen LogP contribution in [0.1, 0.15) is 0 Å². The molecule has 0 aliphatic carbocycles. The molecule has 0 atom stereocenters. The van der Waals surface area contributed by atoms with Gasteiger partial charge in [-0.25, -0.2) is 0 Å². The Hall–Kier alpha value is -0.0700. The zero-order valence-corrected chi connectivity index (χ0v) is 4.21. The first-order valence-corrected chi connectivity index (χ1v) is 1.58. The molecule has 0 aromatic carbocycles. The number of nitrogens with zero attached hydrogens (tertiary/aromatic N) is 1. The second kappa shape index (κ2) is 2.18. The Morgan fingerprint density at radius 3 is 3.00 bits per heavy atom. The van der Waals surface area contributed by atoms with Crippen molar-refractivity contribution < 1.29 is 31.1 Å². The van der Waals surface area contributed by atoms with Gasteiger partial charge in [0.25, 0.3) is 0 Å². The molecule has 0 aromatic rings. The van der Waals surface area contributed by atoms with E-state index in [9.17, 15) is 0 Å². The van der Waals surface area contributed by atoms with Gasteiger partial charge in [-0.3, -0.25) is 0 Å². The predicted octanol–water partition coefficient (Wildman–Crippen LogP) is -3.60. The number of rotatable bonds is 2. The molecular formula is HINO3-. The summed E-state index contributed by atoms with van der Waals surface area (Å²) in [6.45, 7) is 0.